The minimum Gasteiger partial charge on any atom is -0.369 e. The molecule has 0 radical (unpaired) electrons. The Labute approximate surface area is 124 Å². The van der Waals surface area contributed by atoms with Gasteiger partial charge < -0.3 is 5.32 Å². The zero-order valence-corrected chi connectivity index (χ0v) is 12.7. The first-order valence-corrected chi connectivity index (χ1v) is 6.98. The van der Waals surface area contributed by atoms with E-state index in [1.807, 2.05) is 13.8 Å². The summed E-state index contributed by atoms with van der Waals surface area (Å²) < 4.78 is 26.3. The fourth-order valence-electron chi connectivity index (χ4n) is 1.79. The lowest BCUT2D eigenvalue weighted by Gasteiger charge is -2.10. The Balaban J connectivity index is 2.49. The SMILES string of the molecule is CCNc1nc(-c2cccc(C(F)F)c2)nc(C)c1Br. The average molecular weight is 342 g/mol. The molecule has 0 aliphatic rings. The fraction of sp³-hybridized carbons (Fsp3) is 0.286. The molecule has 20 heavy (non-hydrogen) atoms. The highest BCUT2D eigenvalue weighted by molar-refractivity contribution is 9.10. The zero-order chi connectivity index (χ0) is 14.7. The molecular formula is C14H14BrF2N3. The molecule has 0 unspecified atom stereocenters. The third-order valence-electron chi connectivity index (χ3n) is 2.76. The van der Waals surface area contributed by atoms with Gasteiger partial charge in [-0.1, -0.05) is 18.2 Å². The number of hydrogen-bond acceptors (Lipinski definition) is 3. The second-order valence-corrected chi connectivity index (χ2v) is 5.04. The minimum absolute atomic E-state index is 0.0309. The highest BCUT2D eigenvalue weighted by Gasteiger charge is 2.13. The number of benzene rings is 1. The summed E-state index contributed by atoms with van der Waals surface area (Å²) in [5, 5.41) is 3.12. The molecule has 2 aromatic rings. The molecule has 0 spiro atoms. The van der Waals surface area contributed by atoms with Crippen LogP contribution in [0.2, 0.25) is 0 Å². The zero-order valence-electron chi connectivity index (χ0n) is 11.1. The van der Waals surface area contributed by atoms with Crippen molar-refractivity contribution >= 4 is 21.7 Å². The summed E-state index contributed by atoms with van der Waals surface area (Å²) in [5.74, 6) is 1.10. The van der Waals surface area contributed by atoms with Gasteiger partial charge in [-0.3, -0.25) is 0 Å². The normalized spacial score (nSPS) is 10.9. The van der Waals surface area contributed by atoms with Gasteiger partial charge in [-0.15, -0.1) is 0 Å². The number of alkyl halides is 2. The van der Waals surface area contributed by atoms with Crippen LogP contribution in [-0.4, -0.2) is 16.5 Å². The first kappa shape index (κ1) is 14.8. The average Bonchev–Trinajstić information content (AvgIpc) is 2.44. The van der Waals surface area contributed by atoms with Crippen LogP contribution in [0.15, 0.2) is 28.7 Å². The molecule has 0 saturated carbocycles. The van der Waals surface area contributed by atoms with Crippen molar-refractivity contribution in [2.24, 2.45) is 0 Å². The summed E-state index contributed by atoms with van der Waals surface area (Å²) in [7, 11) is 0. The first-order chi connectivity index (χ1) is 9.52. The van der Waals surface area contributed by atoms with E-state index in [1.165, 1.54) is 12.1 Å². The highest BCUT2D eigenvalue weighted by Crippen LogP contribution is 2.28. The molecule has 0 atom stereocenters. The molecule has 0 aliphatic heterocycles. The molecule has 0 amide bonds. The second-order valence-electron chi connectivity index (χ2n) is 4.25. The van der Waals surface area contributed by atoms with Crippen molar-refractivity contribution in [3.8, 4) is 11.4 Å². The Hall–Kier alpha value is -1.56. The lowest BCUT2D eigenvalue weighted by molar-refractivity contribution is 0.151. The van der Waals surface area contributed by atoms with Crippen LogP contribution in [-0.2, 0) is 0 Å². The number of rotatable bonds is 4. The van der Waals surface area contributed by atoms with E-state index in [2.05, 4.69) is 31.2 Å². The summed E-state index contributed by atoms with van der Waals surface area (Å²) in [4.78, 5) is 8.72. The van der Waals surface area contributed by atoms with Gasteiger partial charge in [0.05, 0.1) is 10.2 Å². The molecule has 2 rings (SSSR count). The van der Waals surface area contributed by atoms with E-state index < -0.39 is 6.43 Å². The standard InChI is InChI=1S/C14H14BrF2N3/c1-3-18-14-11(15)8(2)19-13(20-14)10-6-4-5-9(7-10)12(16)17/h4-7,12H,3H2,1-2H3,(H,18,19,20). The second kappa shape index (κ2) is 6.26. The van der Waals surface area contributed by atoms with Crippen LogP contribution >= 0.6 is 15.9 Å². The van der Waals surface area contributed by atoms with Crippen LogP contribution in [0.25, 0.3) is 11.4 Å². The maximum atomic E-state index is 12.7. The van der Waals surface area contributed by atoms with E-state index in [0.29, 0.717) is 23.8 Å². The van der Waals surface area contributed by atoms with Crippen LogP contribution in [0.4, 0.5) is 14.6 Å². The Morgan fingerprint density at radius 1 is 1.30 bits per heavy atom. The van der Waals surface area contributed by atoms with Gasteiger partial charge in [-0.05, 0) is 35.8 Å². The van der Waals surface area contributed by atoms with Crippen molar-refractivity contribution in [1.82, 2.24) is 9.97 Å². The summed E-state index contributed by atoms with van der Waals surface area (Å²) in [5.41, 5.74) is 1.31. The number of aryl methyl sites for hydroxylation is 1. The van der Waals surface area contributed by atoms with Crippen LogP contribution in [0.1, 0.15) is 24.6 Å². The number of nitrogens with one attached hydrogen (secondary N) is 1. The van der Waals surface area contributed by atoms with Gasteiger partial charge in [0.2, 0.25) is 0 Å². The molecule has 1 N–H and O–H groups in total. The van der Waals surface area contributed by atoms with Gasteiger partial charge in [-0.2, -0.15) is 0 Å². The predicted octanol–water partition coefficient (Wildman–Crippen LogP) is 4.58. The predicted molar refractivity (Wildman–Crippen MR) is 79.0 cm³/mol. The van der Waals surface area contributed by atoms with Crippen molar-refractivity contribution in [3.63, 3.8) is 0 Å². The maximum absolute atomic E-state index is 12.7. The number of nitrogens with zero attached hydrogens (tertiary/aromatic N) is 2. The quantitative estimate of drug-likeness (QED) is 0.884. The van der Waals surface area contributed by atoms with E-state index in [9.17, 15) is 8.78 Å². The summed E-state index contributed by atoms with van der Waals surface area (Å²) in [6, 6.07) is 6.13. The molecule has 0 fully saturated rings. The van der Waals surface area contributed by atoms with E-state index in [0.717, 1.165) is 10.2 Å². The van der Waals surface area contributed by atoms with Gasteiger partial charge in [0.1, 0.15) is 5.82 Å². The number of hydrogen-bond donors (Lipinski definition) is 1. The molecule has 0 bridgehead atoms. The van der Waals surface area contributed by atoms with E-state index in [1.54, 1.807) is 12.1 Å². The molecule has 1 aromatic heterocycles. The maximum Gasteiger partial charge on any atom is 0.263 e. The van der Waals surface area contributed by atoms with Gasteiger partial charge in [0.25, 0.3) is 6.43 Å². The third kappa shape index (κ3) is 3.12. The largest absolute Gasteiger partial charge is 0.369 e. The van der Waals surface area contributed by atoms with Crippen molar-refractivity contribution in [1.29, 1.82) is 0 Å². The number of halogens is 3. The van der Waals surface area contributed by atoms with Crippen LogP contribution in [0.5, 0.6) is 0 Å². The first-order valence-electron chi connectivity index (χ1n) is 6.19. The van der Waals surface area contributed by atoms with Crippen LogP contribution in [0.3, 0.4) is 0 Å². The molecule has 6 heteroatoms. The molecule has 1 heterocycles. The molecule has 1 aromatic carbocycles. The number of aromatic nitrogens is 2. The Kier molecular flexibility index (Phi) is 4.65. The lowest BCUT2D eigenvalue weighted by atomic mass is 10.1. The third-order valence-corrected chi connectivity index (χ3v) is 3.71. The Morgan fingerprint density at radius 2 is 2.05 bits per heavy atom. The summed E-state index contributed by atoms with van der Waals surface area (Å²) >= 11 is 3.42. The molecule has 3 nitrogen and oxygen atoms in total. The number of anilines is 1. The highest BCUT2D eigenvalue weighted by atomic mass is 79.9. The van der Waals surface area contributed by atoms with E-state index in [4.69, 9.17) is 0 Å². The van der Waals surface area contributed by atoms with Gasteiger partial charge in [0.15, 0.2) is 5.82 Å². The van der Waals surface area contributed by atoms with Crippen molar-refractivity contribution in [2.45, 2.75) is 20.3 Å². The summed E-state index contributed by atoms with van der Waals surface area (Å²) in [6.45, 7) is 4.51. The monoisotopic (exact) mass is 341 g/mol. The van der Waals surface area contributed by atoms with Crippen molar-refractivity contribution in [2.75, 3.05) is 11.9 Å². The minimum atomic E-state index is -2.50. The topological polar surface area (TPSA) is 37.8 Å². The Morgan fingerprint density at radius 3 is 2.70 bits per heavy atom. The van der Waals surface area contributed by atoms with Crippen molar-refractivity contribution in [3.05, 3.63) is 40.0 Å². The van der Waals surface area contributed by atoms with Crippen LogP contribution in [0, 0.1) is 6.92 Å². The molecular weight excluding hydrogens is 328 g/mol. The fourth-order valence-corrected chi connectivity index (χ4v) is 2.10. The molecule has 106 valence electrons. The van der Waals surface area contributed by atoms with E-state index >= 15 is 0 Å². The van der Waals surface area contributed by atoms with Crippen molar-refractivity contribution < 1.29 is 8.78 Å². The smallest absolute Gasteiger partial charge is 0.263 e. The molecule has 0 saturated heterocycles. The van der Waals surface area contributed by atoms with Gasteiger partial charge >= 0.3 is 0 Å². The summed E-state index contributed by atoms with van der Waals surface area (Å²) in [6.07, 6.45) is -2.50. The van der Waals surface area contributed by atoms with Crippen LogP contribution < -0.4 is 5.32 Å². The Bertz CT molecular complexity index is 617. The van der Waals surface area contributed by atoms with Gasteiger partial charge in [-0.25, -0.2) is 18.7 Å². The lowest BCUT2D eigenvalue weighted by Crippen LogP contribution is -2.04. The van der Waals surface area contributed by atoms with E-state index in [-0.39, 0.29) is 5.56 Å². The van der Waals surface area contributed by atoms with Gasteiger partial charge in [0, 0.05) is 17.7 Å². The molecule has 0 aliphatic carbocycles.